The number of rotatable bonds is 1. The van der Waals surface area contributed by atoms with E-state index in [0.29, 0.717) is 0 Å². The molecule has 0 saturated heterocycles. The lowest BCUT2D eigenvalue weighted by Gasteiger charge is -1.95. The van der Waals surface area contributed by atoms with Gasteiger partial charge in [-0.1, -0.05) is 30.3 Å². The summed E-state index contributed by atoms with van der Waals surface area (Å²) in [7, 11) is 0. The van der Waals surface area contributed by atoms with Gasteiger partial charge in [-0.15, -0.1) is 0 Å². The van der Waals surface area contributed by atoms with Crippen LogP contribution >= 0.6 is 22.6 Å². The summed E-state index contributed by atoms with van der Waals surface area (Å²) in [5, 5.41) is 0. The Bertz CT molecular complexity index is 364. The number of benzene rings is 1. The van der Waals surface area contributed by atoms with Crippen LogP contribution in [0, 0.1) is 3.57 Å². The first-order valence-electron chi connectivity index (χ1n) is 3.65. The monoisotopic (exact) mass is 270 g/mol. The molecule has 0 fully saturated rings. The normalized spacial score (nSPS) is 10.1. The molecule has 2 heteroatoms. The van der Waals surface area contributed by atoms with Crippen molar-refractivity contribution in [2.24, 2.45) is 0 Å². The third kappa shape index (κ3) is 1.39. The molecule has 0 amide bonds. The maximum Gasteiger partial charge on any atom is 0.104 e. The van der Waals surface area contributed by atoms with Crippen molar-refractivity contribution >= 4 is 22.6 Å². The summed E-state index contributed by atoms with van der Waals surface area (Å²) in [6.45, 7) is 0. The van der Waals surface area contributed by atoms with Gasteiger partial charge in [-0.25, -0.2) is 0 Å². The van der Waals surface area contributed by atoms with Crippen LogP contribution in [0.3, 0.4) is 0 Å². The largest absolute Gasteiger partial charge is 0.471 e. The molecular formula is C10H7IO. The van der Waals surface area contributed by atoms with Gasteiger partial charge in [0.25, 0.3) is 0 Å². The standard InChI is InChI=1S/C10H7IO/c11-10-7-12-6-9(10)8-4-2-1-3-5-8/h1-7H. The summed E-state index contributed by atoms with van der Waals surface area (Å²) in [4.78, 5) is 0. The van der Waals surface area contributed by atoms with Gasteiger partial charge in [-0.2, -0.15) is 0 Å². The molecule has 1 aromatic carbocycles. The Labute approximate surface area is 84.5 Å². The molecule has 60 valence electrons. The molecule has 2 rings (SSSR count). The van der Waals surface area contributed by atoms with Crippen LogP contribution in [-0.2, 0) is 0 Å². The Morgan fingerprint density at radius 3 is 2.33 bits per heavy atom. The summed E-state index contributed by atoms with van der Waals surface area (Å²) in [6.07, 6.45) is 3.53. The lowest BCUT2D eigenvalue weighted by atomic mass is 10.1. The minimum atomic E-state index is 1.15. The maximum absolute atomic E-state index is 5.09. The van der Waals surface area contributed by atoms with E-state index in [0.717, 1.165) is 9.13 Å². The minimum Gasteiger partial charge on any atom is -0.471 e. The first kappa shape index (κ1) is 7.86. The van der Waals surface area contributed by atoms with Gasteiger partial charge < -0.3 is 4.42 Å². The lowest BCUT2D eigenvalue weighted by Crippen LogP contribution is -1.74. The summed E-state index contributed by atoms with van der Waals surface area (Å²) in [5.41, 5.74) is 2.37. The van der Waals surface area contributed by atoms with Gasteiger partial charge >= 0.3 is 0 Å². The van der Waals surface area contributed by atoms with Gasteiger partial charge in [0.15, 0.2) is 0 Å². The second-order valence-corrected chi connectivity index (χ2v) is 3.66. The molecule has 2 aromatic rings. The van der Waals surface area contributed by atoms with E-state index >= 15 is 0 Å². The fourth-order valence-corrected chi connectivity index (χ4v) is 1.69. The van der Waals surface area contributed by atoms with Crippen LogP contribution in [0.15, 0.2) is 47.3 Å². The Kier molecular flexibility index (Phi) is 2.17. The SMILES string of the molecule is Ic1cocc1-c1ccccc1. The van der Waals surface area contributed by atoms with Crippen LogP contribution in [0.25, 0.3) is 11.1 Å². The Morgan fingerprint density at radius 1 is 1.00 bits per heavy atom. The highest BCUT2D eigenvalue weighted by atomic mass is 127. The zero-order chi connectivity index (χ0) is 8.39. The first-order valence-corrected chi connectivity index (χ1v) is 4.73. The predicted molar refractivity (Wildman–Crippen MR) is 56.9 cm³/mol. The van der Waals surface area contributed by atoms with E-state index < -0.39 is 0 Å². The molecule has 0 spiro atoms. The molecule has 0 atom stereocenters. The molecule has 0 radical (unpaired) electrons. The van der Waals surface area contributed by atoms with Crippen LogP contribution in [0.4, 0.5) is 0 Å². The van der Waals surface area contributed by atoms with Crippen LogP contribution in [0.1, 0.15) is 0 Å². The van der Waals surface area contributed by atoms with E-state index in [2.05, 4.69) is 34.7 Å². The lowest BCUT2D eigenvalue weighted by molar-refractivity contribution is 0.566. The van der Waals surface area contributed by atoms with E-state index in [4.69, 9.17) is 4.42 Å². The fourth-order valence-electron chi connectivity index (χ4n) is 1.11. The van der Waals surface area contributed by atoms with Gasteiger partial charge in [-0.05, 0) is 28.2 Å². The summed E-state index contributed by atoms with van der Waals surface area (Å²) in [5.74, 6) is 0. The number of halogens is 1. The third-order valence-corrected chi connectivity index (χ3v) is 2.53. The molecule has 0 aliphatic carbocycles. The molecule has 0 aliphatic heterocycles. The van der Waals surface area contributed by atoms with Crippen LogP contribution < -0.4 is 0 Å². The van der Waals surface area contributed by atoms with Gasteiger partial charge in [0.1, 0.15) is 6.26 Å². The van der Waals surface area contributed by atoms with Crippen LogP contribution in [0.2, 0.25) is 0 Å². The topological polar surface area (TPSA) is 13.1 Å². The summed E-state index contributed by atoms with van der Waals surface area (Å²) in [6, 6.07) is 10.2. The zero-order valence-electron chi connectivity index (χ0n) is 6.33. The van der Waals surface area contributed by atoms with Crippen molar-refractivity contribution in [3.05, 3.63) is 46.4 Å². The first-order chi connectivity index (χ1) is 5.88. The zero-order valence-corrected chi connectivity index (χ0v) is 8.49. The van der Waals surface area contributed by atoms with Crippen LogP contribution in [0.5, 0.6) is 0 Å². The van der Waals surface area contributed by atoms with Crippen molar-refractivity contribution in [3.8, 4) is 11.1 Å². The molecule has 0 aliphatic rings. The second kappa shape index (κ2) is 3.31. The number of hydrogen-bond donors (Lipinski definition) is 0. The van der Waals surface area contributed by atoms with Crippen molar-refractivity contribution in [3.63, 3.8) is 0 Å². The quantitative estimate of drug-likeness (QED) is 0.722. The highest BCUT2D eigenvalue weighted by Crippen LogP contribution is 2.25. The molecule has 12 heavy (non-hydrogen) atoms. The molecule has 0 saturated carbocycles. The van der Waals surface area contributed by atoms with Gasteiger partial charge in [-0.3, -0.25) is 0 Å². The maximum atomic E-state index is 5.09. The third-order valence-electron chi connectivity index (χ3n) is 1.70. The van der Waals surface area contributed by atoms with Crippen molar-refractivity contribution < 1.29 is 4.42 Å². The molecule has 0 bridgehead atoms. The van der Waals surface area contributed by atoms with Gasteiger partial charge in [0.2, 0.25) is 0 Å². The van der Waals surface area contributed by atoms with Crippen molar-refractivity contribution in [2.75, 3.05) is 0 Å². The summed E-state index contributed by atoms with van der Waals surface area (Å²) >= 11 is 2.27. The number of hydrogen-bond acceptors (Lipinski definition) is 1. The Hall–Kier alpha value is -0.770. The van der Waals surface area contributed by atoms with Crippen LogP contribution in [-0.4, -0.2) is 0 Å². The molecule has 0 unspecified atom stereocenters. The van der Waals surface area contributed by atoms with E-state index in [1.54, 1.807) is 12.5 Å². The number of furan rings is 1. The highest BCUT2D eigenvalue weighted by Gasteiger charge is 2.02. The molecular weight excluding hydrogens is 263 g/mol. The van der Waals surface area contributed by atoms with Crippen molar-refractivity contribution in [1.29, 1.82) is 0 Å². The van der Waals surface area contributed by atoms with Crippen molar-refractivity contribution in [2.45, 2.75) is 0 Å². The van der Waals surface area contributed by atoms with E-state index in [9.17, 15) is 0 Å². The predicted octanol–water partition coefficient (Wildman–Crippen LogP) is 3.55. The fraction of sp³-hybridized carbons (Fsp3) is 0. The molecule has 0 N–H and O–H groups in total. The average Bonchev–Trinajstić information content (AvgIpc) is 2.53. The Morgan fingerprint density at radius 2 is 1.75 bits per heavy atom. The highest BCUT2D eigenvalue weighted by molar-refractivity contribution is 14.1. The van der Waals surface area contributed by atoms with Gasteiger partial charge in [0.05, 0.1) is 9.83 Å². The van der Waals surface area contributed by atoms with E-state index in [1.165, 1.54) is 5.56 Å². The molecule has 1 nitrogen and oxygen atoms in total. The minimum absolute atomic E-state index is 1.15. The Balaban J connectivity index is 2.51. The van der Waals surface area contributed by atoms with E-state index in [1.807, 2.05) is 18.2 Å². The summed E-state index contributed by atoms with van der Waals surface area (Å²) < 4.78 is 6.24. The average molecular weight is 270 g/mol. The molecule has 1 heterocycles. The smallest absolute Gasteiger partial charge is 0.104 e. The van der Waals surface area contributed by atoms with E-state index in [-0.39, 0.29) is 0 Å². The van der Waals surface area contributed by atoms with Crippen molar-refractivity contribution in [1.82, 2.24) is 0 Å². The van der Waals surface area contributed by atoms with Gasteiger partial charge in [0, 0.05) is 5.56 Å². The molecule has 1 aromatic heterocycles. The second-order valence-electron chi connectivity index (χ2n) is 2.50.